The fraction of sp³-hybridized carbons (Fsp3) is 0.522. The highest BCUT2D eigenvalue weighted by Crippen LogP contribution is 2.31. The normalized spacial score (nSPS) is 19.2. The Balaban J connectivity index is 1.50. The molecule has 1 aromatic carbocycles. The minimum Gasteiger partial charge on any atom is -0.396 e. The number of nitrogens with zero attached hydrogens (tertiary/aromatic N) is 4. The number of aliphatic hydroxyl groups excluding tert-OH is 1. The number of aromatic amines is 1. The number of nitrogens with one attached hydrogen (secondary N) is 2. The van der Waals surface area contributed by atoms with E-state index < -0.39 is 5.82 Å². The molecule has 4 heterocycles. The summed E-state index contributed by atoms with van der Waals surface area (Å²) in [6, 6.07) is 2.85. The highest BCUT2D eigenvalue weighted by Gasteiger charge is 2.25. The van der Waals surface area contributed by atoms with Gasteiger partial charge in [-0.05, 0) is 56.6 Å². The van der Waals surface area contributed by atoms with Gasteiger partial charge >= 0.3 is 6.03 Å². The van der Waals surface area contributed by atoms with Crippen LogP contribution in [0.2, 0.25) is 0 Å². The first-order chi connectivity index (χ1) is 16.1. The third-order valence-corrected chi connectivity index (χ3v) is 6.32. The molecule has 2 amide bonds. The van der Waals surface area contributed by atoms with E-state index in [2.05, 4.69) is 15.3 Å². The molecular formula is C23H29FN6O3. The van der Waals surface area contributed by atoms with E-state index in [1.165, 1.54) is 6.07 Å². The number of ether oxygens (including phenoxy) is 1. The van der Waals surface area contributed by atoms with Crippen LogP contribution in [0.4, 0.5) is 14.9 Å². The van der Waals surface area contributed by atoms with E-state index in [1.54, 1.807) is 16.9 Å². The number of aromatic nitrogens is 4. The molecule has 0 aliphatic carbocycles. The second-order valence-electron chi connectivity index (χ2n) is 8.69. The van der Waals surface area contributed by atoms with Crippen LogP contribution in [0.1, 0.15) is 50.3 Å². The number of urea groups is 1. The number of hydrogen-bond acceptors (Lipinski definition) is 5. The van der Waals surface area contributed by atoms with Crippen molar-refractivity contribution in [2.45, 2.75) is 51.2 Å². The average Bonchev–Trinajstić information content (AvgIpc) is 3.44. The maximum Gasteiger partial charge on any atom is 0.321 e. The minimum atomic E-state index is -0.408. The number of likely N-dealkylation sites (tertiary alicyclic amines) is 1. The lowest BCUT2D eigenvalue weighted by molar-refractivity contribution is -0.0393. The molecule has 0 spiro atoms. The fourth-order valence-electron chi connectivity index (χ4n) is 4.53. The van der Waals surface area contributed by atoms with E-state index in [0.717, 1.165) is 51.6 Å². The van der Waals surface area contributed by atoms with Crippen LogP contribution < -0.4 is 5.32 Å². The molecule has 3 N–H and O–H groups in total. The van der Waals surface area contributed by atoms with Gasteiger partial charge in [-0.1, -0.05) is 0 Å². The predicted octanol–water partition coefficient (Wildman–Crippen LogP) is 3.82. The number of halogens is 1. The number of benzene rings is 1. The molecule has 0 bridgehead atoms. The van der Waals surface area contributed by atoms with Crippen molar-refractivity contribution in [3.8, 4) is 11.5 Å². The lowest BCUT2D eigenvalue weighted by Crippen LogP contribution is -2.38. The number of carbonyl (C=O) groups is 1. The molecule has 10 heteroatoms. The molecule has 0 saturated carbocycles. The molecule has 176 valence electrons. The predicted molar refractivity (Wildman–Crippen MR) is 121 cm³/mol. The quantitative estimate of drug-likeness (QED) is 0.541. The van der Waals surface area contributed by atoms with Crippen molar-refractivity contribution >= 4 is 22.8 Å². The Hall–Kier alpha value is -2.98. The van der Waals surface area contributed by atoms with Gasteiger partial charge in [-0.3, -0.25) is 0 Å². The van der Waals surface area contributed by atoms with Gasteiger partial charge in [0.05, 0.1) is 22.9 Å². The van der Waals surface area contributed by atoms with Crippen LogP contribution in [0.15, 0.2) is 18.3 Å². The monoisotopic (exact) mass is 456 g/mol. The van der Waals surface area contributed by atoms with Crippen LogP contribution in [0.5, 0.6) is 0 Å². The summed E-state index contributed by atoms with van der Waals surface area (Å²) in [5.41, 5.74) is 2.54. The molecule has 2 aromatic heterocycles. The van der Waals surface area contributed by atoms with E-state index >= 15 is 0 Å². The number of anilines is 1. The van der Waals surface area contributed by atoms with E-state index in [9.17, 15) is 14.3 Å². The number of aliphatic hydroxyl groups is 1. The summed E-state index contributed by atoms with van der Waals surface area (Å²) < 4.78 is 22.0. The fourth-order valence-corrected chi connectivity index (χ4v) is 4.53. The number of H-pyrrole nitrogens is 1. The van der Waals surface area contributed by atoms with Crippen molar-refractivity contribution in [3.05, 3.63) is 29.7 Å². The van der Waals surface area contributed by atoms with Gasteiger partial charge in [0.15, 0.2) is 11.5 Å². The van der Waals surface area contributed by atoms with Crippen molar-refractivity contribution in [1.29, 1.82) is 0 Å². The zero-order valence-corrected chi connectivity index (χ0v) is 18.5. The van der Waals surface area contributed by atoms with Gasteiger partial charge in [-0.2, -0.15) is 5.10 Å². The maximum absolute atomic E-state index is 14.4. The number of rotatable bonds is 5. The molecule has 3 aromatic rings. The topological polar surface area (TPSA) is 108 Å². The van der Waals surface area contributed by atoms with Crippen LogP contribution in [-0.2, 0) is 11.2 Å². The standard InChI is InChI=1S/C23H29FN6O3/c24-16-13-18-17(12-15(16)7-10-31)25-22(26-18)21-19(27-23(32)29-8-3-1-4-9-29)14-30(28-21)20-6-2-5-11-33-20/h12-14,20,31H,1-11H2,(H,25,26)(H,27,32). The Morgan fingerprint density at radius 1 is 1.24 bits per heavy atom. The van der Waals surface area contributed by atoms with Crippen molar-refractivity contribution in [2.24, 2.45) is 0 Å². The highest BCUT2D eigenvalue weighted by molar-refractivity contribution is 5.93. The Morgan fingerprint density at radius 2 is 2.09 bits per heavy atom. The molecule has 33 heavy (non-hydrogen) atoms. The Kier molecular flexibility index (Phi) is 6.28. The van der Waals surface area contributed by atoms with Gasteiger partial charge in [0.2, 0.25) is 0 Å². The zero-order chi connectivity index (χ0) is 22.8. The SMILES string of the molecule is O=C(Nc1cn(C2CCCCO2)nc1-c1nc2cc(F)c(CCO)cc2[nH]1)N1CCCCC1. The van der Waals surface area contributed by atoms with Gasteiger partial charge < -0.3 is 25.0 Å². The van der Waals surface area contributed by atoms with Crippen LogP contribution in [-0.4, -0.2) is 62.1 Å². The minimum absolute atomic E-state index is 0.137. The molecule has 2 aliphatic heterocycles. The zero-order valence-electron chi connectivity index (χ0n) is 18.5. The van der Waals surface area contributed by atoms with E-state index in [4.69, 9.17) is 9.84 Å². The lowest BCUT2D eigenvalue weighted by Gasteiger charge is -2.26. The molecule has 1 unspecified atom stereocenters. The second-order valence-corrected chi connectivity index (χ2v) is 8.69. The van der Waals surface area contributed by atoms with E-state index in [-0.39, 0.29) is 25.3 Å². The molecule has 2 fully saturated rings. The number of piperidine rings is 1. The number of amides is 2. The average molecular weight is 457 g/mol. The van der Waals surface area contributed by atoms with Crippen molar-refractivity contribution in [1.82, 2.24) is 24.6 Å². The smallest absolute Gasteiger partial charge is 0.321 e. The van der Waals surface area contributed by atoms with Crippen LogP contribution in [0.25, 0.3) is 22.6 Å². The summed E-state index contributed by atoms with van der Waals surface area (Å²) in [6.07, 6.45) is 7.87. The van der Waals surface area contributed by atoms with Crippen molar-refractivity contribution in [3.63, 3.8) is 0 Å². The summed E-state index contributed by atoms with van der Waals surface area (Å²) in [7, 11) is 0. The largest absolute Gasteiger partial charge is 0.396 e. The van der Waals surface area contributed by atoms with Gasteiger partial charge in [0, 0.05) is 32.4 Å². The first-order valence-corrected chi connectivity index (χ1v) is 11.7. The molecule has 9 nitrogen and oxygen atoms in total. The first-order valence-electron chi connectivity index (χ1n) is 11.7. The number of imidazole rings is 1. The van der Waals surface area contributed by atoms with E-state index in [1.807, 2.05) is 4.90 Å². The Morgan fingerprint density at radius 3 is 2.85 bits per heavy atom. The summed E-state index contributed by atoms with van der Waals surface area (Å²) in [4.78, 5) is 22.5. The highest BCUT2D eigenvalue weighted by atomic mass is 19.1. The van der Waals surface area contributed by atoms with Crippen LogP contribution in [0.3, 0.4) is 0 Å². The summed E-state index contributed by atoms with van der Waals surface area (Å²) in [5.74, 6) is 0.0309. The van der Waals surface area contributed by atoms with Crippen LogP contribution in [0, 0.1) is 5.82 Å². The number of carbonyl (C=O) groups excluding carboxylic acids is 1. The van der Waals surface area contributed by atoms with Gasteiger partial charge in [-0.15, -0.1) is 0 Å². The van der Waals surface area contributed by atoms with Gasteiger partial charge in [-0.25, -0.2) is 18.9 Å². The first kappa shape index (κ1) is 21.8. The maximum atomic E-state index is 14.4. The lowest BCUT2D eigenvalue weighted by atomic mass is 10.1. The summed E-state index contributed by atoms with van der Waals surface area (Å²) in [6.45, 7) is 2.01. The molecule has 5 rings (SSSR count). The van der Waals surface area contributed by atoms with Gasteiger partial charge in [0.1, 0.15) is 12.0 Å². The summed E-state index contributed by atoms with van der Waals surface area (Å²) >= 11 is 0. The Bertz CT molecular complexity index is 1130. The van der Waals surface area contributed by atoms with Crippen molar-refractivity contribution < 1.29 is 19.0 Å². The Labute approximate surface area is 190 Å². The molecule has 0 radical (unpaired) electrons. The third kappa shape index (κ3) is 4.58. The van der Waals surface area contributed by atoms with Crippen LogP contribution >= 0.6 is 0 Å². The molecule has 1 atom stereocenters. The molecular weight excluding hydrogens is 427 g/mol. The molecule has 2 saturated heterocycles. The second kappa shape index (κ2) is 9.48. The third-order valence-electron chi connectivity index (χ3n) is 6.32. The molecule has 2 aliphatic rings. The summed E-state index contributed by atoms with van der Waals surface area (Å²) in [5, 5.41) is 16.9. The number of hydrogen-bond donors (Lipinski definition) is 3. The van der Waals surface area contributed by atoms with Crippen molar-refractivity contribution in [2.75, 3.05) is 31.6 Å². The van der Waals surface area contributed by atoms with Gasteiger partial charge in [0.25, 0.3) is 0 Å². The number of fused-ring (bicyclic) bond motifs is 1. The van der Waals surface area contributed by atoms with E-state index in [0.29, 0.717) is 40.4 Å².